The predicted octanol–water partition coefficient (Wildman–Crippen LogP) is -5.05. The van der Waals surface area contributed by atoms with Crippen molar-refractivity contribution in [1.29, 1.82) is 0 Å². The Bertz CT molecular complexity index is 192. The van der Waals surface area contributed by atoms with E-state index in [1.54, 1.807) is 0 Å². The molecule has 3 spiro atoms. The van der Waals surface area contributed by atoms with Gasteiger partial charge < -0.3 is 0 Å². The van der Waals surface area contributed by atoms with E-state index in [1.165, 1.54) is 0 Å². The standard InChI is InChI=1S/Bi.GeH4.N4Si3.3H/c;;1-5-2-6(1)3(5)7(1,2)4(5)6;;;/h;1H4;;;;. The molecule has 0 unspecified atom stereocenters. The van der Waals surface area contributed by atoms with E-state index in [4.69, 9.17) is 0 Å². The first kappa shape index (κ1) is 5.54. The molecule has 0 radical (unpaired) electrons. The normalized spacial score (nSPS) is 112. The number of rotatable bonds is 0. The van der Waals surface area contributed by atoms with Crippen LogP contribution in [0.2, 0.25) is 0 Å². The molecular weight excluding hydrogens is 422 g/mol. The average Bonchev–Trinajstić information content (AvgIpc) is 0.391. The van der Waals surface area contributed by atoms with Gasteiger partial charge in [-0.05, 0) is 0 Å². The molecule has 0 aliphatic carbocycles. The van der Waals surface area contributed by atoms with Gasteiger partial charge in [0.25, 0.3) is 0 Å². The fourth-order valence-electron chi connectivity index (χ4n) is 3.41. The van der Waals surface area contributed by atoms with Crippen LogP contribution < -0.4 is 0 Å². The van der Waals surface area contributed by atoms with Crippen LogP contribution in [-0.4, -0.2) is 85.5 Å². The molecule has 13 rings (SSSR count). The van der Waals surface area contributed by atoms with Gasteiger partial charge in [0.2, 0.25) is 0 Å². The molecule has 7 bridgehead atoms. The van der Waals surface area contributed by atoms with Crippen LogP contribution in [0, 0.1) is 0 Å². The summed E-state index contributed by atoms with van der Waals surface area (Å²) in [5.41, 5.74) is 0. The molecule has 0 atom stereocenters. The van der Waals surface area contributed by atoms with Crippen molar-refractivity contribution in [2.75, 3.05) is 0 Å². The summed E-state index contributed by atoms with van der Waals surface area (Å²) in [6.45, 7) is 0. The Kier molecular flexibility index (Phi) is 0.477. The Labute approximate surface area is 84.8 Å². The zero-order chi connectivity index (χ0) is 3.81. The summed E-state index contributed by atoms with van der Waals surface area (Å²) in [4.78, 5) is 0. The van der Waals surface area contributed by atoms with Crippen LogP contribution in [0.5, 0.6) is 0 Å². The summed E-state index contributed by atoms with van der Waals surface area (Å²) in [7, 11) is -1.83. The first-order valence-electron chi connectivity index (χ1n) is 2.68. The van der Waals surface area contributed by atoms with Gasteiger partial charge in [-0.15, -0.1) is 0 Å². The molecule has 9 heavy (non-hydrogen) atoms. The van der Waals surface area contributed by atoms with Crippen LogP contribution >= 0.6 is 0 Å². The minimum atomic E-state index is -0.611. The zero-order valence-corrected chi connectivity index (χ0v) is 12.5. The molecule has 13 heterocycles. The molecular formula is H7BiGeN4Si3. The maximum atomic E-state index is 2.98. The van der Waals surface area contributed by atoms with Crippen molar-refractivity contribution in [3.05, 3.63) is 0 Å². The first-order chi connectivity index (χ1) is 3.46. The molecule has 0 aromatic heterocycles. The van der Waals surface area contributed by atoms with Gasteiger partial charge in [-0.1, -0.05) is 0 Å². The molecule has 0 saturated carbocycles. The molecule has 0 amide bonds. The average molecular weight is 429 g/mol. The van der Waals surface area contributed by atoms with E-state index in [0.717, 1.165) is 0 Å². The predicted molar refractivity (Wildman–Crippen MR) is 45.9 cm³/mol. The van der Waals surface area contributed by atoms with Gasteiger partial charge in [0.1, 0.15) is 0 Å². The number of hydrogen-bond acceptors (Lipinski definition) is 4. The monoisotopic (exact) mass is 430 g/mol. The Balaban J connectivity index is 0.000000144. The van der Waals surface area contributed by atoms with Gasteiger partial charge in [0, 0.05) is 0 Å². The van der Waals surface area contributed by atoms with E-state index < -0.39 is 26.2 Å². The third-order valence-electron chi connectivity index (χ3n) is 3.60. The SMILES string of the molecule is N12[Si]34N5[Si]16N3[Si]25N46.[BiH3].[GeH4]. The molecule has 48 valence electrons. The summed E-state index contributed by atoms with van der Waals surface area (Å²) in [6.07, 6.45) is 0. The van der Waals surface area contributed by atoms with Gasteiger partial charge in [0.15, 0.2) is 0 Å². The quantitative estimate of drug-likeness (QED) is 0.358. The molecule has 9 heteroatoms. The fourth-order valence-corrected chi connectivity index (χ4v) is 46.9. The first-order valence-corrected chi connectivity index (χ1v) is 8.05. The van der Waals surface area contributed by atoms with Crippen LogP contribution in [0.15, 0.2) is 0 Å². The van der Waals surface area contributed by atoms with Gasteiger partial charge in [-0.2, -0.15) is 0 Å². The number of hydrogen-bond donors (Lipinski definition) is 0. The fraction of sp³-hybridized carbons (Fsp3) is 0. The van der Waals surface area contributed by atoms with Crippen molar-refractivity contribution >= 4 is 70.0 Å². The van der Waals surface area contributed by atoms with Gasteiger partial charge >= 0.3 is 70.0 Å². The Morgan fingerprint density at radius 2 is 0.778 bits per heavy atom. The van der Waals surface area contributed by atoms with E-state index in [-0.39, 0.29) is 43.8 Å². The van der Waals surface area contributed by atoms with E-state index in [2.05, 4.69) is 15.6 Å². The maximum absolute atomic E-state index is 2.98. The zero-order valence-electron chi connectivity index (χ0n) is 4.00. The van der Waals surface area contributed by atoms with Crippen LogP contribution in [0.1, 0.15) is 0 Å². The van der Waals surface area contributed by atoms with Crippen molar-refractivity contribution in [1.82, 2.24) is 15.6 Å². The van der Waals surface area contributed by atoms with Crippen molar-refractivity contribution in [2.24, 2.45) is 0 Å². The second kappa shape index (κ2) is 0.774. The van der Waals surface area contributed by atoms with Gasteiger partial charge in [0.05, 0.1) is 0 Å². The summed E-state index contributed by atoms with van der Waals surface area (Å²) < 4.78 is 11.9. The molecule has 0 aromatic rings. The van der Waals surface area contributed by atoms with Crippen LogP contribution in [-0.2, 0) is 0 Å². The summed E-state index contributed by atoms with van der Waals surface area (Å²) in [5, 5.41) is 0. The van der Waals surface area contributed by atoms with E-state index in [1.807, 2.05) is 0 Å². The third-order valence-corrected chi connectivity index (χ3v) is 32.4. The molecule has 4 nitrogen and oxygen atoms in total. The third kappa shape index (κ3) is 0.114. The topological polar surface area (TPSA) is 13.0 Å². The molecule has 13 aliphatic heterocycles. The molecule has 13 saturated heterocycles. The van der Waals surface area contributed by atoms with E-state index in [0.29, 0.717) is 0 Å². The minimum absolute atomic E-state index is 0. The number of nitrogens with zero attached hydrogens (tertiary/aromatic N) is 4. The van der Waals surface area contributed by atoms with E-state index >= 15 is 0 Å². The molecule has 0 aromatic carbocycles. The van der Waals surface area contributed by atoms with Gasteiger partial charge in [-0.25, -0.2) is 0 Å². The Morgan fingerprint density at radius 3 is 0.778 bits per heavy atom. The molecule has 13 aliphatic rings. The Hall–Kier alpha value is 1.92. The van der Waals surface area contributed by atoms with Crippen LogP contribution in [0.25, 0.3) is 0 Å². The summed E-state index contributed by atoms with van der Waals surface area (Å²) in [6, 6.07) is 0. The van der Waals surface area contributed by atoms with Crippen LogP contribution in [0.3, 0.4) is 0 Å². The van der Waals surface area contributed by atoms with Gasteiger partial charge in [-0.3, -0.25) is 15.6 Å². The van der Waals surface area contributed by atoms with Crippen molar-refractivity contribution in [3.8, 4) is 0 Å². The molecule has 13 fully saturated rings. The summed E-state index contributed by atoms with van der Waals surface area (Å²) >= 11 is 0. The van der Waals surface area contributed by atoms with Crippen molar-refractivity contribution in [3.63, 3.8) is 0 Å². The molecule has 0 N–H and O–H groups in total. The second-order valence-electron chi connectivity index (χ2n) is 3.14. The van der Waals surface area contributed by atoms with E-state index in [9.17, 15) is 0 Å². The van der Waals surface area contributed by atoms with Crippen molar-refractivity contribution < 1.29 is 0 Å². The van der Waals surface area contributed by atoms with Crippen molar-refractivity contribution in [2.45, 2.75) is 0 Å². The Morgan fingerprint density at radius 1 is 0.667 bits per heavy atom. The summed E-state index contributed by atoms with van der Waals surface area (Å²) in [5.74, 6) is 0. The second-order valence-corrected chi connectivity index (χ2v) is 17.5. The van der Waals surface area contributed by atoms with Crippen LogP contribution in [0.4, 0.5) is 0 Å².